The minimum absolute atomic E-state index is 0.00311. The summed E-state index contributed by atoms with van der Waals surface area (Å²) >= 11 is 0. The van der Waals surface area contributed by atoms with Gasteiger partial charge in [0.2, 0.25) is 0 Å². The minimum Gasteiger partial charge on any atom is -0.372 e. The summed E-state index contributed by atoms with van der Waals surface area (Å²) in [5.74, 6) is 3.61. The standard InChI is InChI=1S/C29H49N3O/c1-19(2)11-20-7-9-28(14-20)15-22(12-21-5-6-26(31)32-18-21)13-23(16-28)29-10-8-24(25(30)17-29)27(3,4)33-29/h5-6,18-20,22-26,32H,7-17,30-31H2,1-4H3/t20-,22+,23-,24-,25-,26?,28-,29+/m1/s1. The van der Waals surface area contributed by atoms with Gasteiger partial charge in [0, 0.05) is 18.2 Å². The van der Waals surface area contributed by atoms with Crippen LogP contribution in [0.4, 0.5) is 0 Å². The maximum Gasteiger partial charge on any atom is 0.0934 e. The Balaban J connectivity index is 1.39. The van der Waals surface area contributed by atoms with Gasteiger partial charge in [0.15, 0.2) is 0 Å². The Morgan fingerprint density at radius 3 is 2.52 bits per heavy atom. The molecule has 4 nitrogen and oxygen atoms in total. The van der Waals surface area contributed by atoms with E-state index < -0.39 is 0 Å². The van der Waals surface area contributed by atoms with Crippen molar-refractivity contribution in [1.29, 1.82) is 0 Å². The summed E-state index contributed by atoms with van der Waals surface area (Å²) in [6, 6.07) is 0.297. The van der Waals surface area contributed by atoms with Gasteiger partial charge in [-0.2, -0.15) is 0 Å². The van der Waals surface area contributed by atoms with Gasteiger partial charge in [-0.1, -0.05) is 19.9 Å². The lowest BCUT2D eigenvalue weighted by molar-refractivity contribution is -0.273. The maximum atomic E-state index is 7.08. The zero-order valence-electron chi connectivity index (χ0n) is 21.6. The van der Waals surface area contributed by atoms with Crippen molar-refractivity contribution in [3.63, 3.8) is 0 Å². The van der Waals surface area contributed by atoms with Crippen LogP contribution < -0.4 is 16.8 Å². The largest absolute Gasteiger partial charge is 0.372 e. The number of hydrogen-bond acceptors (Lipinski definition) is 4. The van der Waals surface area contributed by atoms with Crippen molar-refractivity contribution in [2.24, 2.45) is 46.5 Å². The first-order valence-electron chi connectivity index (χ1n) is 13.9. The van der Waals surface area contributed by atoms with Crippen LogP contribution in [-0.2, 0) is 4.74 Å². The second-order valence-corrected chi connectivity index (χ2v) is 13.7. The van der Waals surface area contributed by atoms with E-state index in [9.17, 15) is 0 Å². The topological polar surface area (TPSA) is 73.3 Å². The molecular weight excluding hydrogens is 406 g/mol. The Morgan fingerprint density at radius 1 is 1.06 bits per heavy atom. The zero-order valence-corrected chi connectivity index (χ0v) is 21.6. The fourth-order valence-electron chi connectivity index (χ4n) is 9.17. The van der Waals surface area contributed by atoms with E-state index in [-0.39, 0.29) is 17.4 Å². The van der Waals surface area contributed by atoms with Crippen LogP contribution in [0.2, 0.25) is 0 Å². The van der Waals surface area contributed by atoms with Gasteiger partial charge in [0.25, 0.3) is 0 Å². The second-order valence-electron chi connectivity index (χ2n) is 13.7. The van der Waals surface area contributed by atoms with Crippen LogP contribution in [0.3, 0.4) is 0 Å². The summed E-state index contributed by atoms with van der Waals surface area (Å²) < 4.78 is 7.08. The van der Waals surface area contributed by atoms with Crippen molar-refractivity contribution >= 4 is 0 Å². The third kappa shape index (κ3) is 4.69. The van der Waals surface area contributed by atoms with E-state index in [2.05, 4.69) is 51.4 Å². The highest BCUT2D eigenvalue weighted by atomic mass is 16.5. The van der Waals surface area contributed by atoms with Crippen molar-refractivity contribution in [3.8, 4) is 0 Å². The molecule has 33 heavy (non-hydrogen) atoms. The Hall–Kier alpha value is -0.840. The molecule has 0 aromatic carbocycles. The molecule has 5 N–H and O–H groups in total. The number of fused-ring (bicyclic) bond motifs is 3. The van der Waals surface area contributed by atoms with Gasteiger partial charge in [-0.05, 0) is 125 Å². The van der Waals surface area contributed by atoms with Crippen molar-refractivity contribution in [2.45, 2.75) is 122 Å². The van der Waals surface area contributed by atoms with Crippen molar-refractivity contribution < 1.29 is 4.74 Å². The molecule has 0 amide bonds. The molecule has 186 valence electrons. The highest BCUT2D eigenvalue weighted by molar-refractivity contribution is 5.24. The fraction of sp³-hybridized carbons (Fsp3) is 0.862. The Labute approximate surface area is 202 Å². The van der Waals surface area contributed by atoms with Crippen LogP contribution in [0.15, 0.2) is 23.9 Å². The molecule has 1 unspecified atom stereocenters. The average Bonchev–Trinajstić information content (AvgIpc) is 3.09. The molecule has 2 saturated heterocycles. The van der Waals surface area contributed by atoms with E-state index in [4.69, 9.17) is 16.2 Å². The SMILES string of the molecule is CC(C)C[C@H]1CC[C@@]2(C1)C[C@@H](CC1=CNC(N)C=C1)C[C@@H]([C@]13CC[C@H]([C@H](N)C1)C(C)(C)O3)C2. The number of hydrogen-bond donors (Lipinski definition) is 3. The number of allylic oxidation sites excluding steroid dienone is 2. The number of ether oxygens (including phenoxy) is 1. The molecule has 2 bridgehead atoms. The third-order valence-corrected chi connectivity index (χ3v) is 10.2. The van der Waals surface area contributed by atoms with E-state index in [1.54, 1.807) is 0 Å². The predicted molar refractivity (Wildman–Crippen MR) is 136 cm³/mol. The second kappa shape index (κ2) is 8.68. The molecule has 3 aliphatic heterocycles. The lowest BCUT2D eigenvalue weighted by atomic mass is 9.54. The van der Waals surface area contributed by atoms with Crippen LogP contribution in [-0.4, -0.2) is 23.4 Å². The van der Waals surface area contributed by atoms with E-state index in [1.165, 1.54) is 63.4 Å². The predicted octanol–water partition coefficient (Wildman–Crippen LogP) is 5.63. The first kappa shape index (κ1) is 23.9. The van der Waals surface area contributed by atoms with Gasteiger partial charge in [0.1, 0.15) is 0 Å². The van der Waals surface area contributed by atoms with E-state index in [1.807, 2.05) is 0 Å². The highest BCUT2D eigenvalue weighted by Crippen LogP contribution is 2.62. The van der Waals surface area contributed by atoms with Gasteiger partial charge < -0.3 is 21.5 Å². The van der Waals surface area contributed by atoms with Gasteiger partial charge in [-0.15, -0.1) is 0 Å². The highest BCUT2D eigenvalue weighted by Gasteiger charge is 2.60. The van der Waals surface area contributed by atoms with E-state index in [0.29, 0.717) is 23.3 Å². The molecule has 3 heterocycles. The normalized spacial score (nSPS) is 46.6. The number of nitrogens with one attached hydrogen (secondary N) is 1. The minimum atomic E-state index is -0.0828. The lowest BCUT2D eigenvalue weighted by Gasteiger charge is -2.62. The van der Waals surface area contributed by atoms with Crippen LogP contribution >= 0.6 is 0 Å². The summed E-state index contributed by atoms with van der Waals surface area (Å²) in [6.45, 7) is 9.41. The summed E-state index contributed by atoms with van der Waals surface area (Å²) in [7, 11) is 0. The summed E-state index contributed by atoms with van der Waals surface area (Å²) in [4.78, 5) is 0. The van der Waals surface area contributed by atoms with Crippen LogP contribution in [0.5, 0.6) is 0 Å². The molecule has 0 aromatic rings. The molecule has 1 spiro atoms. The Kier molecular flexibility index (Phi) is 6.28. The molecule has 6 rings (SSSR count). The van der Waals surface area contributed by atoms with Gasteiger partial charge in [-0.3, -0.25) is 0 Å². The van der Waals surface area contributed by atoms with Crippen LogP contribution in [0, 0.1) is 35.0 Å². The van der Waals surface area contributed by atoms with Crippen LogP contribution in [0.25, 0.3) is 0 Å². The lowest BCUT2D eigenvalue weighted by Crippen LogP contribution is -2.66. The van der Waals surface area contributed by atoms with Gasteiger partial charge in [-0.25, -0.2) is 0 Å². The molecule has 4 heteroatoms. The first-order valence-corrected chi connectivity index (χ1v) is 13.9. The molecule has 3 aliphatic carbocycles. The Bertz CT molecular complexity index is 788. The molecule has 6 aliphatic rings. The quantitative estimate of drug-likeness (QED) is 0.502. The van der Waals surface area contributed by atoms with Gasteiger partial charge >= 0.3 is 0 Å². The molecular formula is C29H49N3O. The number of dihydropyridines is 1. The first-order chi connectivity index (χ1) is 15.6. The summed E-state index contributed by atoms with van der Waals surface area (Å²) in [6.07, 6.45) is 20.9. The van der Waals surface area contributed by atoms with Crippen molar-refractivity contribution in [3.05, 3.63) is 23.9 Å². The molecule has 0 radical (unpaired) electrons. The van der Waals surface area contributed by atoms with E-state index >= 15 is 0 Å². The number of rotatable bonds is 5. The van der Waals surface area contributed by atoms with Crippen molar-refractivity contribution in [2.75, 3.05) is 0 Å². The average molecular weight is 456 g/mol. The fourth-order valence-corrected chi connectivity index (χ4v) is 9.17. The summed E-state index contributed by atoms with van der Waals surface area (Å²) in [5.41, 5.74) is 14.6. The Morgan fingerprint density at radius 2 is 1.85 bits per heavy atom. The zero-order chi connectivity index (χ0) is 23.4. The van der Waals surface area contributed by atoms with Crippen LogP contribution in [0.1, 0.15) is 98.3 Å². The monoisotopic (exact) mass is 455 g/mol. The number of nitrogens with two attached hydrogens (primary N) is 2. The molecule has 8 atom stereocenters. The molecule has 3 saturated carbocycles. The van der Waals surface area contributed by atoms with Gasteiger partial charge in [0.05, 0.1) is 17.4 Å². The molecule has 0 aromatic heterocycles. The third-order valence-electron chi connectivity index (χ3n) is 10.2. The van der Waals surface area contributed by atoms with Crippen molar-refractivity contribution in [1.82, 2.24) is 5.32 Å². The summed E-state index contributed by atoms with van der Waals surface area (Å²) in [5, 5.41) is 3.32. The molecule has 5 fully saturated rings. The smallest absolute Gasteiger partial charge is 0.0934 e. The maximum absolute atomic E-state index is 7.08. The van der Waals surface area contributed by atoms with E-state index in [0.717, 1.165) is 30.6 Å².